The number of hydrogen-bond acceptors (Lipinski definition) is 8. The van der Waals surface area contributed by atoms with Crippen LogP contribution in [0.2, 0.25) is 0 Å². The van der Waals surface area contributed by atoms with Gasteiger partial charge in [-0.05, 0) is 71.8 Å². The van der Waals surface area contributed by atoms with Gasteiger partial charge in [0.25, 0.3) is 0 Å². The fourth-order valence-corrected chi connectivity index (χ4v) is 4.35. The van der Waals surface area contributed by atoms with Gasteiger partial charge in [0.05, 0.1) is 7.11 Å². The molecule has 2 unspecified atom stereocenters. The van der Waals surface area contributed by atoms with Crippen molar-refractivity contribution in [1.82, 2.24) is 25.2 Å². The molecule has 0 aliphatic carbocycles. The lowest BCUT2D eigenvalue weighted by Gasteiger charge is -2.19. The van der Waals surface area contributed by atoms with E-state index in [1.807, 2.05) is 46.8 Å². The van der Waals surface area contributed by atoms with Gasteiger partial charge in [-0.25, -0.2) is 9.97 Å². The van der Waals surface area contributed by atoms with Crippen LogP contribution in [-0.2, 0) is 0 Å². The molecule has 41 heavy (non-hydrogen) atoms. The number of nitrogens with zero attached hydrogens (tertiary/aromatic N) is 4. The SMILES string of the molecule is CC.CC.CCCCCCC(CC)NC.CNc1ncnc(NCC2CCCN2C)n1.COc1ccc(C)cc1C. The Balaban J connectivity index is 0. The van der Waals surface area contributed by atoms with E-state index in [1.54, 1.807) is 14.2 Å². The number of aromatic nitrogens is 3. The van der Waals surface area contributed by atoms with Gasteiger partial charge in [0.2, 0.25) is 11.9 Å². The molecule has 238 valence electrons. The molecule has 8 nitrogen and oxygen atoms in total. The van der Waals surface area contributed by atoms with Gasteiger partial charge in [0.15, 0.2) is 0 Å². The van der Waals surface area contributed by atoms with Crippen molar-refractivity contribution in [3.05, 3.63) is 35.7 Å². The van der Waals surface area contributed by atoms with Crippen LogP contribution in [0.25, 0.3) is 0 Å². The average molecular weight is 576 g/mol. The highest BCUT2D eigenvalue weighted by Gasteiger charge is 2.20. The molecule has 2 heterocycles. The maximum Gasteiger partial charge on any atom is 0.227 e. The van der Waals surface area contributed by atoms with E-state index in [-0.39, 0.29) is 0 Å². The predicted octanol–water partition coefficient (Wildman–Crippen LogP) is 7.74. The van der Waals surface area contributed by atoms with Crippen LogP contribution < -0.4 is 20.7 Å². The first kappa shape index (κ1) is 40.7. The summed E-state index contributed by atoms with van der Waals surface area (Å²) in [6, 6.07) is 7.50. The van der Waals surface area contributed by atoms with Gasteiger partial charge in [0.1, 0.15) is 12.1 Å². The van der Waals surface area contributed by atoms with E-state index < -0.39 is 0 Å². The summed E-state index contributed by atoms with van der Waals surface area (Å²) in [7, 11) is 7.71. The van der Waals surface area contributed by atoms with E-state index in [2.05, 4.69) is 76.7 Å². The summed E-state index contributed by atoms with van der Waals surface area (Å²) in [4.78, 5) is 14.6. The zero-order chi connectivity index (χ0) is 31.5. The van der Waals surface area contributed by atoms with Gasteiger partial charge in [-0.15, -0.1) is 0 Å². The third-order valence-corrected chi connectivity index (χ3v) is 6.82. The maximum atomic E-state index is 5.10. The molecule has 1 aromatic heterocycles. The second-order valence-electron chi connectivity index (χ2n) is 9.76. The lowest BCUT2D eigenvalue weighted by molar-refractivity contribution is 0.322. The first-order valence-electron chi connectivity index (χ1n) is 16.0. The van der Waals surface area contributed by atoms with Crippen molar-refractivity contribution in [3.63, 3.8) is 0 Å². The fourth-order valence-electron chi connectivity index (χ4n) is 4.35. The summed E-state index contributed by atoms with van der Waals surface area (Å²) in [5, 5.41) is 9.47. The molecule has 0 saturated carbocycles. The van der Waals surface area contributed by atoms with Crippen LogP contribution in [-0.4, -0.2) is 73.3 Å². The van der Waals surface area contributed by atoms with E-state index in [4.69, 9.17) is 4.74 Å². The zero-order valence-corrected chi connectivity index (χ0v) is 28.7. The number of unbranched alkanes of at least 4 members (excludes halogenated alkanes) is 3. The summed E-state index contributed by atoms with van der Waals surface area (Å²) < 4.78 is 5.10. The zero-order valence-electron chi connectivity index (χ0n) is 28.7. The Kier molecular flexibility index (Phi) is 27.5. The smallest absolute Gasteiger partial charge is 0.227 e. The molecule has 0 bridgehead atoms. The molecule has 0 spiro atoms. The van der Waals surface area contributed by atoms with E-state index in [0.717, 1.165) is 18.3 Å². The van der Waals surface area contributed by atoms with E-state index in [1.165, 1.54) is 75.4 Å². The fraction of sp³-hybridized carbons (Fsp3) is 0.727. The normalized spacial score (nSPS) is 14.4. The number of methoxy groups -OCH3 is 1. The first-order chi connectivity index (χ1) is 19.9. The number of hydrogen-bond donors (Lipinski definition) is 3. The first-order valence-corrected chi connectivity index (χ1v) is 16.0. The van der Waals surface area contributed by atoms with Crippen LogP contribution >= 0.6 is 0 Å². The van der Waals surface area contributed by atoms with Crippen molar-refractivity contribution < 1.29 is 4.74 Å². The molecule has 2 atom stereocenters. The van der Waals surface area contributed by atoms with Crippen molar-refractivity contribution in [3.8, 4) is 5.75 Å². The molecule has 1 saturated heterocycles. The highest BCUT2D eigenvalue weighted by molar-refractivity contribution is 5.35. The number of rotatable bonds is 12. The lowest BCUT2D eigenvalue weighted by atomic mass is 10.1. The Hall–Kier alpha value is -2.45. The molecule has 0 amide bonds. The van der Waals surface area contributed by atoms with Gasteiger partial charge in [-0.3, -0.25) is 0 Å². The second-order valence-corrected chi connectivity index (χ2v) is 9.76. The topological polar surface area (TPSA) is 87.2 Å². The van der Waals surface area contributed by atoms with Crippen LogP contribution in [0.1, 0.15) is 104 Å². The van der Waals surface area contributed by atoms with Crippen LogP contribution in [0.5, 0.6) is 5.75 Å². The number of likely N-dealkylation sites (tertiary alicyclic amines) is 1. The van der Waals surface area contributed by atoms with E-state index in [9.17, 15) is 0 Å². The van der Waals surface area contributed by atoms with Crippen LogP contribution in [0.3, 0.4) is 0 Å². The summed E-state index contributed by atoms with van der Waals surface area (Å²) in [5.41, 5.74) is 2.47. The Morgan fingerprint density at radius 2 is 1.68 bits per heavy atom. The van der Waals surface area contributed by atoms with E-state index >= 15 is 0 Å². The van der Waals surface area contributed by atoms with Gasteiger partial charge >= 0.3 is 0 Å². The molecule has 2 aromatic rings. The summed E-state index contributed by atoms with van der Waals surface area (Å²) >= 11 is 0. The molecule has 8 heteroatoms. The number of nitrogens with one attached hydrogen (secondary N) is 3. The number of ether oxygens (including phenoxy) is 1. The molecule has 3 rings (SSSR count). The quantitative estimate of drug-likeness (QED) is 0.222. The molecular weight excluding hydrogens is 510 g/mol. The van der Waals surface area contributed by atoms with Crippen molar-refractivity contribution in [1.29, 1.82) is 0 Å². The van der Waals surface area contributed by atoms with Crippen LogP contribution in [0.15, 0.2) is 24.5 Å². The third kappa shape index (κ3) is 19.3. The standard InChI is InChI=1S/C10H18N6.C10H23N.C9H12O.2C2H6/c1-11-9-13-7-14-10(15-9)12-6-8-4-3-5-16(8)2;1-4-6-7-8-9-10(5-2)11-3;1-7-4-5-9(10-3)8(2)6-7;2*1-2/h7-8H,3-6H2,1-2H3,(H2,11,12,13,14,15);10-11H,4-9H2,1-3H3;4-6H,1-3H3;2*1-2H3. The molecule has 1 fully saturated rings. The number of anilines is 2. The summed E-state index contributed by atoms with van der Waals surface area (Å²) in [6.07, 6.45) is 12.2. The van der Waals surface area contributed by atoms with Gasteiger partial charge in [-0.2, -0.15) is 4.98 Å². The Labute approximate surface area is 253 Å². The average Bonchev–Trinajstić information content (AvgIpc) is 3.43. The highest BCUT2D eigenvalue weighted by atomic mass is 16.5. The molecule has 1 aromatic carbocycles. The summed E-state index contributed by atoms with van der Waals surface area (Å²) in [6.45, 7) is 18.7. The third-order valence-electron chi connectivity index (χ3n) is 6.82. The van der Waals surface area contributed by atoms with Crippen molar-refractivity contribution in [2.75, 3.05) is 52.0 Å². The number of likely N-dealkylation sites (N-methyl/N-ethyl adjacent to an activating group) is 1. The van der Waals surface area contributed by atoms with E-state index in [0.29, 0.717) is 17.9 Å². The van der Waals surface area contributed by atoms with Gasteiger partial charge in [-0.1, -0.05) is 84.9 Å². The van der Waals surface area contributed by atoms with Crippen molar-refractivity contribution >= 4 is 11.9 Å². The van der Waals surface area contributed by atoms with Gasteiger partial charge < -0.3 is 25.6 Å². The predicted molar refractivity (Wildman–Crippen MR) is 181 cm³/mol. The molecule has 1 aliphatic heterocycles. The number of aryl methyl sites for hydroxylation is 2. The Bertz CT molecular complexity index is 846. The lowest BCUT2D eigenvalue weighted by Crippen LogP contribution is -2.32. The molecule has 1 aliphatic rings. The van der Waals surface area contributed by atoms with Crippen LogP contribution in [0, 0.1) is 13.8 Å². The molecule has 3 N–H and O–H groups in total. The minimum Gasteiger partial charge on any atom is -0.496 e. The van der Waals surface area contributed by atoms with Crippen molar-refractivity contribution in [2.45, 2.75) is 119 Å². The van der Waals surface area contributed by atoms with Crippen molar-refractivity contribution in [2.24, 2.45) is 0 Å². The molecular formula is C33H65N7O. The Morgan fingerprint density at radius 1 is 1.00 bits per heavy atom. The number of benzene rings is 1. The van der Waals surface area contributed by atoms with Crippen LogP contribution in [0.4, 0.5) is 11.9 Å². The largest absolute Gasteiger partial charge is 0.496 e. The Morgan fingerprint density at radius 3 is 2.20 bits per heavy atom. The minimum atomic E-state index is 0.592. The maximum absolute atomic E-state index is 5.10. The highest BCUT2D eigenvalue weighted by Crippen LogP contribution is 2.17. The molecule has 0 radical (unpaired) electrons. The monoisotopic (exact) mass is 576 g/mol. The minimum absolute atomic E-state index is 0.592. The second kappa shape index (κ2) is 27.7. The van der Waals surface area contributed by atoms with Gasteiger partial charge in [0, 0.05) is 25.7 Å². The summed E-state index contributed by atoms with van der Waals surface area (Å²) in [5.74, 6) is 2.20.